The van der Waals surface area contributed by atoms with E-state index in [1.165, 1.54) is 18.3 Å². The maximum absolute atomic E-state index is 13.5. The highest BCUT2D eigenvalue weighted by atomic mass is 19.4. The van der Waals surface area contributed by atoms with Crippen molar-refractivity contribution >= 4 is 17.5 Å². The van der Waals surface area contributed by atoms with Crippen molar-refractivity contribution in [2.75, 3.05) is 4.90 Å². The van der Waals surface area contributed by atoms with Crippen LogP contribution in [0.4, 0.5) is 18.9 Å². The summed E-state index contributed by atoms with van der Waals surface area (Å²) in [5.41, 5.74) is 0.472. The molecule has 0 spiro atoms. The molecule has 0 unspecified atom stereocenters. The van der Waals surface area contributed by atoms with Crippen LogP contribution in [-0.2, 0) is 6.18 Å². The quantitative estimate of drug-likeness (QED) is 0.348. The van der Waals surface area contributed by atoms with Crippen molar-refractivity contribution in [1.82, 2.24) is 4.98 Å². The average Bonchev–Trinajstić information content (AvgIpc) is 2.85. The number of carbonyl (C=O) groups excluding carboxylic acids is 2. The van der Waals surface area contributed by atoms with Gasteiger partial charge in [0.15, 0.2) is 0 Å². The first-order valence-corrected chi connectivity index (χ1v) is 9.98. The Morgan fingerprint density at radius 2 is 1.18 bits per heavy atom. The summed E-state index contributed by atoms with van der Waals surface area (Å²) in [7, 11) is 0. The molecule has 0 aliphatic rings. The molecule has 164 valence electrons. The number of pyridine rings is 1. The predicted molar refractivity (Wildman–Crippen MR) is 119 cm³/mol. The summed E-state index contributed by atoms with van der Waals surface area (Å²) >= 11 is 0. The molecule has 7 heteroatoms. The molecule has 4 rings (SSSR count). The Balaban J connectivity index is 1.85. The van der Waals surface area contributed by atoms with Crippen molar-refractivity contribution in [3.05, 3.63) is 120 Å². The van der Waals surface area contributed by atoms with Gasteiger partial charge in [0.2, 0.25) is 0 Å². The molecular weight excluding hydrogens is 429 g/mol. The number of halogens is 3. The monoisotopic (exact) mass is 446 g/mol. The second-order valence-corrected chi connectivity index (χ2v) is 7.12. The van der Waals surface area contributed by atoms with Crippen molar-refractivity contribution in [1.29, 1.82) is 0 Å². The molecule has 4 aromatic rings. The van der Waals surface area contributed by atoms with E-state index in [0.717, 1.165) is 17.0 Å². The van der Waals surface area contributed by atoms with Gasteiger partial charge < -0.3 is 0 Å². The molecule has 1 aromatic heterocycles. The Morgan fingerprint density at radius 1 is 0.667 bits per heavy atom. The molecule has 0 aliphatic heterocycles. The van der Waals surface area contributed by atoms with Gasteiger partial charge in [-0.3, -0.25) is 14.6 Å². The number of amides is 2. The van der Waals surface area contributed by atoms with Crippen LogP contribution >= 0.6 is 0 Å². The Bertz CT molecular complexity index is 1220. The van der Waals surface area contributed by atoms with Crippen LogP contribution in [0.1, 0.15) is 26.3 Å². The third kappa shape index (κ3) is 4.67. The van der Waals surface area contributed by atoms with Gasteiger partial charge in [-0.1, -0.05) is 48.5 Å². The molecule has 4 nitrogen and oxygen atoms in total. The van der Waals surface area contributed by atoms with E-state index in [0.29, 0.717) is 5.56 Å². The van der Waals surface area contributed by atoms with Gasteiger partial charge in [0.25, 0.3) is 11.8 Å². The van der Waals surface area contributed by atoms with E-state index < -0.39 is 23.6 Å². The summed E-state index contributed by atoms with van der Waals surface area (Å²) in [6, 6.07) is 24.1. The number of carbonyl (C=O) groups is 2. The van der Waals surface area contributed by atoms with E-state index in [1.807, 2.05) is 0 Å². The summed E-state index contributed by atoms with van der Waals surface area (Å²) in [5.74, 6) is -1.16. The molecule has 0 radical (unpaired) electrons. The Hall–Kier alpha value is -4.26. The predicted octanol–water partition coefficient (Wildman–Crippen LogP) is 6.25. The lowest BCUT2D eigenvalue weighted by Gasteiger charge is -2.23. The summed E-state index contributed by atoms with van der Waals surface area (Å²) < 4.78 is 39.0. The van der Waals surface area contributed by atoms with E-state index in [-0.39, 0.29) is 22.5 Å². The lowest BCUT2D eigenvalue weighted by molar-refractivity contribution is -0.137. The van der Waals surface area contributed by atoms with Crippen LogP contribution in [0.15, 0.2) is 103 Å². The minimum atomic E-state index is -4.48. The van der Waals surface area contributed by atoms with Crippen molar-refractivity contribution in [3.63, 3.8) is 0 Å². The zero-order valence-electron chi connectivity index (χ0n) is 17.2. The average molecular weight is 446 g/mol. The molecule has 0 atom stereocenters. The van der Waals surface area contributed by atoms with Crippen LogP contribution < -0.4 is 4.90 Å². The Morgan fingerprint density at radius 3 is 1.67 bits per heavy atom. The molecule has 0 saturated heterocycles. The fourth-order valence-electron chi connectivity index (χ4n) is 3.35. The molecule has 33 heavy (non-hydrogen) atoms. The molecule has 0 fully saturated rings. The number of hydrogen-bond donors (Lipinski definition) is 0. The highest BCUT2D eigenvalue weighted by Gasteiger charge is 2.31. The number of anilines is 1. The molecule has 3 aromatic carbocycles. The zero-order valence-corrected chi connectivity index (χ0v) is 17.2. The first-order valence-electron chi connectivity index (χ1n) is 9.98. The number of rotatable bonds is 4. The largest absolute Gasteiger partial charge is 0.416 e. The third-order valence-electron chi connectivity index (χ3n) is 4.96. The van der Waals surface area contributed by atoms with Crippen molar-refractivity contribution in [2.45, 2.75) is 6.18 Å². The van der Waals surface area contributed by atoms with E-state index >= 15 is 0 Å². The van der Waals surface area contributed by atoms with E-state index in [4.69, 9.17) is 0 Å². The van der Waals surface area contributed by atoms with Gasteiger partial charge in [0.05, 0.1) is 16.9 Å². The number of hydrogen-bond acceptors (Lipinski definition) is 3. The summed E-state index contributed by atoms with van der Waals surface area (Å²) in [6.07, 6.45) is -3.03. The SMILES string of the molecule is O=C(c1ccccc1)N(C(=O)c1ccccc1)c1cccnc1-c1ccc(C(F)(F)F)cc1. The maximum atomic E-state index is 13.5. The van der Waals surface area contributed by atoms with Crippen LogP contribution in [-0.4, -0.2) is 16.8 Å². The van der Waals surface area contributed by atoms with Crippen molar-refractivity contribution in [3.8, 4) is 11.3 Å². The summed E-state index contributed by atoms with van der Waals surface area (Å²) in [5, 5.41) is 0. The highest BCUT2D eigenvalue weighted by Crippen LogP contribution is 2.34. The fraction of sp³-hybridized carbons (Fsp3) is 0.0385. The minimum Gasteiger partial charge on any atom is -0.268 e. The summed E-state index contributed by atoms with van der Waals surface area (Å²) in [6.45, 7) is 0. The van der Waals surface area contributed by atoms with Crippen LogP contribution in [0.5, 0.6) is 0 Å². The van der Waals surface area contributed by atoms with E-state index in [9.17, 15) is 22.8 Å². The van der Waals surface area contributed by atoms with E-state index in [1.54, 1.807) is 72.8 Å². The van der Waals surface area contributed by atoms with E-state index in [2.05, 4.69) is 4.98 Å². The van der Waals surface area contributed by atoms with Crippen molar-refractivity contribution < 1.29 is 22.8 Å². The zero-order chi connectivity index (χ0) is 23.4. The molecular formula is C26H17F3N2O2. The Labute approximate surface area is 187 Å². The number of imide groups is 1. The smallest absolute Gasteiger partial charge is 0.268 e. The second kappa shape index (κ2) is 9.08. The van der Waals surface area contributed by atoms with Crippen LogP contribution in [0.3, 0.4) is 0 Å². The first kappa shape index (κ1) is 22.0. The van der Waals surface area contributed by atoms with Gasteiger partial charge in [-0.05, 0) is 48.5 Å². The molecule has 0 saturated carbocycles. The molecule has 0 aliphatic carbocycles. The molecule has 2 amide bonds. The normalized spacial score (nSPS) is 11.1. The fourth-order valence-corrected chi connectivity index (χ4v) is 3.35. The van der Waals surface area contributed by atoms with Gasteiger partial charge in [0, 0.05) is 22.9 Å². The van der Waals surface area contributed by atoms with Crippen LogP contribution in [0.25, 0.3) is 11.3 Å². The van der Waals surface area contributed by atoms with Gasteiger partial charge in [-0.15, -0.1) is 0 Å². The van der Waals surface area contributed by atoms with Gasteiger partial charge in [0.1, 0.15) is 0 Å². The van der Waals surface area contributed by atoms with Crippen LogP contribution in [0.2, 0.25) is 0 Å². The standard InChI is InChI=1S/C26H17F3N2O2/c27-26(28,29)21-15-13-18(14-16-21)23-22(12-7-17-30-23)31(24(32)19-8-3-1-4-9-19)25(33)20-10-5-2-6-11-20/h1-17H. The van der Waals surface area contributed by atoms with Crippen molar-refractivity contribution in [2.24, 2.45) is 0 Å². The van der Waals surface area contributed by atoms with Crippen LogP contribution in [0, 0.1) is 0 Å². The lowest BCUT2D eigenvalue weighted by Crippen LogP contribution is -2.37. The highest BCUT2D eigenvalue weighted by molar-refractivity contribution is 6.26. The first-order chi connectivity index (χ1) is 15.9. The number of benzene rings is 3. The summed E-state index contributed by atoms with van der Waals surface area (Å²) in [4.78, 5) is 32.2. The van der Waals surface area contributed by atoms with Gasteiger partial charge in [-0.2, -0.15) is 13.2 Å². The van der Waals surface area contributed by atoms with Gasteiger partial charge in [-0.25, -0.2) is 4.90 Å². The topological polar surface area (TPSA) is 50.3 Å². The molecule has 0 bridgehead atoms. The van der Waals surface area contributed by atoms with Gasteiger partial charge >= 0.3 is 6.18 Å². The maximum Gasteiger partial charge on any atom is 0.416 e. The third-order valence-corrected chi connectivity index (χ3v) is 4.96. The number of aromatic nitrogens is 1. The number of nitrogens with zero attached hydrogens (tertiary/aromatic N) is 2. The minimum absolute atomic E-state index is 0.167. The number of alkyl halides is 3. The lowest BCUT2D eigenvalue weighted by atomic mass is 10.0. The molecule has 1 heterocycles. The second-order valence-electron chi connectivity index (χ2n) is 7.12. The Kier molecular flexibility index (Phi) is 6.04. The molecule has 0 N–H and O–H groups in total.